The summed E-state index contributed by atoms with van der Waals surface area (Å²) in [4.78, 5) is 9.74. The average molecular weight is 258 g/mol. The summed E-state index contributed by atoms with van der Waals surface area (Å²) in [6.45, 7) is 5.95. The molecular weight excluding hydrogens is 244 g/mol. The number of aromatic nitrogens is 2. The van der Waals surface area contributed by atoms with Crippen LogP contribution in [0.2, 0.25) is 0 Å². The number of nitrogens with one attached hydrogen (secondary N) is 1. The summed E-state index contributed by atoms with van der Waals surface area (Å²) in [7, 11) is 0. The lowest BCUT2D eigenvalue weighted by molar-refractivity contribution is 0.859. The first kappa shape index (κ1) is 12.5. The van der Waals surface area contributed by atoms with E-state index in [1.54, 1.807) is 17.5 Å². The molecule has 0 aliphatic rings. The molecule has 0 saturated carbocycles. The lowest BCUT2D eigenvalue weighted by Crippen LogP contribution is -2.09. The minimum absolute atomic E-state index is 0.0464. The molecule has 92 valence electrons. The molecule has 1 atom stereocenters. The Morgan fingerprint density at radius 2 is 2.17 bits per heavy atom. The van der Waals surface area contributed by atoms with Crippen LogP contribution in [0.25, 0.3) is 0 Å². The zero-order valence-corrected chi connectivity index (χ0v) is 11.4. The third-order valence-electron chi connectivity index (χ3n) is 2.63. The van der Waals surface area contributed by atoms with Crippen LogP contribution in [0.1, 0.15) is 34.0 Å². The van der Waals surface area contributed by atoms with Gasteiger partial charge in [-0.2, -0.15) is 5.26 Å². The Labute approximate surface area is 110 Å². The van der Waals surface area contributed by atoms with E-state index < -0.39 is 0 Å². The first-order valence-electron chi connectivity index (χ1n) is 5.66. The van der Waals surface area contributed by atoms with Gasteiger partial charge < -0.3 is 5.32 Å². The maximum atomic E-state index is 9.14. The van der Waals surface area contributed by atoms with Gasteiger partial charge in [0.25, 0.3) is 0 Å². The van der Waals surface area contributed by atoms with Crippen LogP contribution in [-0.4, -0.2) is 9.97 Å². The van der Waals surface area contributed by atoms with Crippen LogP contribution in [0, 0.1) is 25.2 Å². The van der Waals surface area contributed by atoms with Gasteiger partial charge in [0.15, 0.2) is 0 Å². The highest BCUT2D eigenvalue weighted by atomic mass is 32.1. The van der Waals surface area contributed by atoms with Gasteiger partial charge in [0.05, 0.1) is 11.6 Å². The summed E-state index contributed by atoms with van der Waals surface area (Å²) < 4.78 is 0. The molecule has 1 N–H and O–H groups in total. The number of nitriles is 1. The van der Waals surface area contributed by atoms with Crippen LogP contribution in [0.15, 0.2) is 18.5 Å². The van der Waals surface area contributed by atoms with Crippen molar-refractivity contribution in [2.24, 2.45) is 0 Å². The van der Waals surface area contributed by atoms with Crippen molar-refractivity contribution in [3.63, 3.8) is 0 Å². The molecule has 0 spiro atoms. The van der Waals surface area contributed by atoms with Crippen molar-refractivity contribution in [3.8, 4) is 6.07 Å². The monoisotopic (exact) mass is 258 g/mol. The number of hydrogen-bond acceptors (Lipinski definition) is 5. The Morgan fingerprint density at radius 3 is 2.78 bits per heavy atom. The highest BCUT2D eigenvalue weighted by Crippen LogP contribution is 2.24. The van der Waals surface area contributed by atoms with Crippen LogP contribution in [-0.2, 0) is 0 Å². The second-order valence-corrected chi connectivity index (χ2v) is 5.40. The Hall–Kier alpha value is -1.93. The predicted molar refractivity (Wildman–Crippen MR) is 72.6 cm³/mol. The summed E-state index contributed by atoms with van der Waals surface area (Å²) in [5, 5.41) is 13.4. The van der Waals surface area contributed by atoms with E-state index >= 15 is 0 Å². The molecule has 0 aliphatic carbocycles. The van der Waals surface area contributed by atoms with Gasteiger partial charge in [-0.15, -0.1) is 11.3 Å². The lowest BCUT2D eigenvalue weighted by atomic mass is 10.1. The van der Waals surface area contributed by atoms with Crippen molar-refractivity contribution in [2.45, 2.75) is 26.8 Å². The molecule has 0 aliphatic heterocycles. The van der Waals surface area contributed by atoms with Gasteiger partial charge >= 0.3 is 0 Å². The van der Waals surface area contributed by atoms with E-state index in [-0.39, 0.29) is 6.04 Å². The van der Waals surface area contributed by atoms with E-state index in [4.69, 9.17) is 5.26 Å². The van der Waals surface area contributed by atoms with Gasteiger partial charge in [-0.1, -0.05) is 0 Å². The maximum absolute atomic E-state index is 9.14. The first-order valence-corrected chi connectivity index (χ1v) is 6.48. The molecule has 0 fully saturated rings. The molecule has 2 heterocycles. The molecule has 0 saturated heterocycles. The van der Waals surface area contributed by atoms with Crippen LogP contribution in [0.5, 0.6) is 0 Å². The Bertz CT molecular complexity index is 597. The van der Waals surface area contributed by atoms with Gasteiger partial charge in [0.1, 0.15) is 16.9 Å². The molecular formula is C13H14N4S. The summed E-state index contributed by atoms with van der Waals surface area (Å²) >= 11 is 1.65. The zero-order valence-electron chi connectivity index (χ0n) is 10.6. The van der Waals surface area contributed by atoms with E-state index in [0.29, 0.717) is 11.4 Å². The second kappa shape index (κ2) is 5.15. The minimum atomic E-state index is 0.0464. The molecule has 2 aromatic heterocycles. The van der Waals surface area contributed by atoms with E-state index in [1.807, 2.05) is 33.0 Å². The van der Waals surface area contributed by atoms with Crippen molar-refractivity contribution >= 4 is 17.2 Å². The quantitative estimate of drug-likeness (QED) is 0.918. The number of hydrogen-bond donors (Lipinski definition) is 1. The number of nitrogens with zero attached hydrogens (tertiary/aromatic N) is 3. The molecule has 4 nitrogen and oxygen atoms in total. The van der Waals surface area contributed by atoms with Gasteiger partial charge in [-0.05, 0) is 32.4 Å². The van der Waals surface area contributed by atoms with E-state index in [0.717, 1.165) is 10.6 Å². The van der Waals surface area contributed by atoms with Crippen LogP contribution < -0.4 is 5.32 Å². The second-order valence-electron chi connectivity index (χ2n) is 4.14. The van der Waals surface area contributed by atoms with Crippen molar-refractivity contribution in [1.82, 2.24) is 9.97 Å². The predicted octanol–water partition coefficient (Wildman–Crippen LogP) is 3.20. The van der Waals surface area contributed by atoms with Crippen LogP contribution in [0.4, 0.5) is 5.82 Å². The van der Waals surface area contributed by atoms with Crippen LogP contribution in [0.3, 0.4) is 0 Å². The van der Waals surface area contributed by atoms with Crippen LogP contribution >= 0.6 is 11.3 Å². The molecule has 1 unspecified atom stereocenters. The smallest absolute Gasteiger partial charge is 0.144 e. The molecule has 0 radical (unpaired) electrons. The molecule has 2 rings (SSSR count). The van der Waals surface area contributed by atoms with Gasteiger partial charge in [0, 0.05) is 17.3 Å². The van der Waals surface area contributed by atoms with Gasteiger partial charge in [-0.25, -0.2) is 9.97 Å². The normalized spacial score (nSPS) is 11.9. The summed E-state index contributed by atoms with van der Waals surface area (Å²) in [6.07, 6.45) is 3.56. The standard InChI is InChI=1S/C13H14N4S/c1-8-4-5-15-12(11(8)6-14)17-10(3)13-16-7-9(2)18-13/h4-5,7,10H,1-3H3,(H,15,17). The molecule has 0 amide bonds. The molecule has 18 heavy (non-hydrogen) atoms. The Morgan fingerprint density at radius 1 is 1.39 bits per heavy atom. The SMILES string of the molecule is Cc1cnc(C(C)Nc2nccc(C)c2C#N)s1. The lowest BCUT2D eigenvalue weighted by Gasteiger charge is -2.13. The summed E-state index contributed by atoms with van der Waals surface area (Å²) in [5.41, 5.74) is 1.52. The van der Waals surface area contributed by atoms with Gasteiger partial charge in [0.2, 0.25) is 0 Å². The van der Waals surface area contributed by atoms with Crippen molar-refractivity contribution < 1.29 is 0 Å². The number of pyridine rings is 1. The van der Waals surface area contributed by atoms with E-state index in [1.165, 1.54) is 4.88 Å². The Balaban J connectivity index is 2.25. The highest BCUT2D eigenvalue weighted by molar-refractivity contribution is 7.11. The first-order chi connectivity index (χ1) is 8.61. The number of aryl methyl sites for hydroxylation is 2. The molecule has 0 bridgehead atoms. The van der Waals surface area contributed by atoms with E-state index in [9.17, 15) is 0 Å². The number of rotatable bonds is 3. The highest BCUT2D eigenvalue weighted by Gasteiger charge is 2.13. The zero-order chi connectivity index (χ0) is 13.1. The van der Waals surface area contributed by atoms with E-state index in [2.05, 4.69) is 21.4 Å². The molecule has 0 aromatic carbocycles. The Kier molecular flexibility index (Phi) is 3.58. The van der Waals surface area contributed by atoms with Crippen molar-refractivity contribution in [3.05, 3.63) is 39.5 Å². The third-order valence-corrected chi connectivity index (χ3v) is 3.73. The fraction of sp³-hybridized carbons (Fsp3) is 0.308. The largest absolute Gasteiger partial charge is 0.360 e. The molecule has 5 heteroatoms. The average Bonchev–Trinajstić information content (AvgIpc) is 2.76. The number of anilines is 1. The fourth-order valence-corrected chi connectivity index (χ4v) is 2.42. The summed E-state index contributed by atoms with van der Waals surface area (Å²) in [6, 6.07) is 4.07. The third kappa shape index (κ3) is 2.49. The van der Waals surface area contributed by atoms with Gasteiger partial charge in [-0.3, -0.25) is 0 Å². The summed E-state index contributed by atoms with van der Waals surface area (Å²) in [5.74, 6) is 0.623. The minimum Gasteiger partial charge on any atom is -0.360 e. The topological polar surface area (TPSA) is 61.6 Å². The maximum Gasteiger partial charge on any atom is 0.144 e. The van der Waals surface area contributed by atoms with Crippen molar-refractivity contribution in [2.75, 3.05) is 5.32 Å². The number of thiazole rings is 1. The van der Waals surface area contributed by atoms with Crippen molar-refractivity contribution in [1.29, 1.82) is 5.26 Å². The molecule has 2 aromatic rings. The fourth-order valence-electron chi connectivity index (χ4n) is 1.65.